The van der Waals surface area contributed by atoms with E-state index in [0.717, 1.165) is 19.3 Å². The number of carbonyl (C=O) groups is 2. The molecular weight excluding hydrogens is 230 g/mol. The topological polar surface area (TPSA) is 57.6 Å². The van der Waals surface area contributed by atoms with Crippen molar-refractivity contribution in [1.29, 1.82) is 0 Å². The van der Waals surface area contributed by atoms with Crippen molar-refractivity contribution in [1.82, 2.24) is 4.90 Å². The zero-order valence-corrected chi connectivity index (χ0v) is 11.4. The maximum atomic E-state index is 11.8. The summed E-state index contributed by atoms with van der Waals surface area (Å²) >= 11 is 0. The predicted molar refractivity (Wildman–Crippen MR) is 72.4 cm³/mol. The third-order valence-electron chi connectivity index (χ3n) is 2.77. The van der Waals surface area contributed by atoms with Crippen molar-refractivity contribution in [2.24, 2.45) is 0 Å². The van der Waals surface area contributed by atoms with Crippen LogP contribution in [0.3, 0.4) is 0 Å². The molecule has 1 amide bonds. The lowest BCUT2D eigenvalue weighted by atomic mass is 10.1. The Morgan fingerprint density at radius 3 is 2.33 bits per heavy atom. The Labute approximate surface area is 110 Å². The fourth-order valence-electron chi connectivity index (χ4n) is 1.79. The van der Waals surface area contributed by atoms with E-state index in [-0.39, 0.29) is 12.5 Å². The second-order valence-electron chi connectivity index (χ2n) is 4.47. The van der Waals surface area contributed by atoms with Crippen molar-refractivity contribution < 1.29 is 14.7 Å². The third kappa shape index (κ3) is 8.79. The van der Waals surface area contributed by atoms with Crippen LogP contribution < -0.4 is 0 Å². The SMILES string of the molecule is C=CCN(CC(=O)O)C(=O)CCCCCCCC. The van der Waals surface area contributed by atoms with E-state index in [1.807, 2.05) is 0 Å². The minimum absolute atomic E-state index is 0.0900. The Morgan fingerprint density at radius 2 is 1.78 bits per heavy atom. The standard InChI is InChI=1S/C14H25NO3/c1-3-5-6-7-8-9-10-13(16)15(11-4-2)12-14(17)18/h4H,2-3,5-12H2,1H3,(H,17,18). The minimum atomic E-state index is -0.979. The van der Waals surface area contributed by atoms with Crippen LogP contribution in [0.2, 0.25) is 0 Å². The summed E-state index contributed by atoms with van der Waals surface area (Å²) in [5, 5.41) is 8.70. The van der Waals surface area contributed by atoms with Crippen LogP contribution >= 0.6 is 0 Å². The normalized spacial score (nSPS) is 10.1. The Balaban J connectivity index is 3.81. The van der Waals surface area contributed by atoms with Gasteiger partial charge in [0.1, 0.15) is 6.54 Å². The molecule has 0 aliphatic carbocycles. The number of carboxylic acids is 1. The van der Waals surface area contributed by atoms with Crippen molar-refractivity contribution in [2.45, 2.75) is 51.9 Å². The number of rotatable bonds is 11. The van der Waals surface area contributed by atoms with Gasteiger partial charge in [-0.1, -0.05) is 45.1 Å². The molecule has 0 aromatic rings. The van der Waals surface area contributed by atoms with E-state index in [0.29, 0.717) is 13.0 Å². The summed E-state index contributed by atoms with van der Waals surface area (Å²) in [6.07, 6.45) is 8.71. The molecule has 0 aliphatic heterocycles. The van der Waals surface area contributed by atoms with Gasteiger partial charge in [-0.25, -0.2) is 0 Å². The Kier molecular flexibility index (Phi) is 10.0. The van der Waals surface area contributed by atoms with Gasteiger partial charge in [-0.15, -0.1) is 6.58 Å². The largest absolute Gasteiger partial charge is 0.480 e. The molecule has 4 heteroatoms. The van der Waals surface area contributed by atoms with Gasteiger partial charge in [0, 0.05) is 13.0 Å². The second-order valence-corrected chi connectivity index (χ2v) is 4.47. The first kappa shape index (κ1) is 16.7. The van der Waals surface area contributed by atoms with Crippen LogP contribution in [0.25, 0.3) is 0 Å². The average Bonchev–Trinajstić information content (AvgIpc) is 2.32. The van der Waals surface area contributed by atoms with Crippen molar-refractivity contribution in [3.63, 3.8) is 0 Å². The van der Waals surface area contributed by atoms with Crippen molar-refractivity contribution >= 4 is 11.9 Å². The van der Waals surface area contributed by atoms with Gasteiger partial charge in [-0.3, -0.25) is 9.59 Å². The number of unbranched alkanes of at least 4 members (excludes halogenated alkanes) is 5. The molecule has 0 bridgehead atoms. The maximum absolute atomic E-state index is 11.8. The molecule has 0 atom stereocenters. The Hall–Kier alpha value is -1.32. The number of nitrogens with zero attached hydrogens (tertiary/aromatic N) is 1. The first-order valence-corrected chi connectivity index (χ1v) is 6.72. The van der Waals surface area contributed by atoms with Crippen LogP contribution in [0, 0.1) is 0 Å². The molecular formula is C14H25NO3. The van der Waals surface area contributed by atoms with Crippen molar-refractivity contribution in [3.8, 4) is 0 Å². The van der Waals surface area contributed by atoms with Gasteiger partial charge >= 0.3 is 5.97 Å². The molecule has 0 aromatic heterocycles. The Morgan fingerprint density at radius 1 is 1.17 bits per heavy atom. The highest BCUT2D eigenvalue weighted by Crippen LogP contribution is 2.08. The molecule has 1 N–H and O–H groups in total. The van der Waals surface area contributed by atoms with E-state index in [1.165, 1.54) is 24.2 Å². The van der Waals surface area contributed by atoms with E-state index in [1.54, 1.807) is 6.08 Å². The molecule has 104 valence electrons. The summed E-state index contributed by atoms with van der Waals surface area (Å²) in [5.74, 6) is -1.07. The van der Waals surface area contributed by atoms with Crippen LogP contribution in [-0.2, 0) is 9.59 Å². The molecule has 0 spiro atoms. The summed E-state index contributed by atoms with van der Waals surface area (Å²) in [6.45, 7) is 5.77. The first-order valence-electron chi connectivity index (χ1n) is 6.72. The summed E-state index contributed by atoms with van der Waals surface area (Å²) in [5.41, 5.74) is 0. The number of carboxylic acid groups (broad SMARTS) is 1. The average molecular weight is 255 g/mol. The van der Waals surface area contributed by atoms with Crippen molar-refractivity contribution in [3.05, 3.63) is 12.7 Å². The van der Waals surface area contributed by atoms with Crippen molar-refractivity contribution in [2.75, 3.05) is 13.1 Å². The summed E-state index contributed by atoms with van der Waals surface area (Å²) in [6, 6.07) is 0. The quantitative estimate of drug-likeness (QED) is 0.456. The number of aliphatic carboxylic acids is 1. The second kappa shape index (κ2) is 10.8. The van der Waals surface area contributed by atoms with E-state index < -0.39 is 5.97 Å². The van der Waals surface area contributed by atoms with Gasteiger partial charge in [-0.2, -0.15) is 0 Å². The van der Waals surface area contributed by atoms with Crippen LogP contribution in [0.5, 0.6) is 0 Å². The highest BCUT2D eigenvalue weighted by molar-refractivity contribution is 5.81. The predicted octanol–water partition coefficient (Wildman–Crippen LogP) is 2.84. The highest BCUT2D eigenvalue weighted by atomic mass is 16.4. The molecule has 0 saturated carbocycles. The Bertz CT molecular complexity index is 264. The first-order chi connectivity index (χ1) is 8.61. The lowest BCUT2D eigenvalue weighted by molar-refractivity contribution is -0.144. The van der Waals surface area contributed by atoms with E-state index in [9.17, 15) is 9.59 Å². The summed E-state index contributed by atoms with van der Waals surface area (Å²) in [4.78, 5) is 23.7. The van der Waals surface area contributed by atoms with Gasteiger partial charge in [0.25, 0.3) is 0 Å². The molecule has 0 heterocycles. The van der Waals surface area contributed by atoms with Gasteiger partial charge in [-0.05, 0) is 6.42 Å². The van der Waals surface area contributed by atoms with E-state index in [2.05, 4.69) is 13.5 Å². The number of carbonyl (C=O) groups excluding carboxylic acids is 1. The van der Waals surface area contributed by atoms with Gasteiger partial charge in [0.05, 0.1) is 0 Å². The molecule has 0 unspecified atom stereocenters. The van der Waals surface area contributed by atoms with Crippen LogP contribution in [0.15, 0.2) is 12.7 Å². The van der Waals surface area contributed by atoms with Gasteiger partial charge in [0.15, 0.2) is 0 Å². The molecule has 0 fully saturated rings. The van der Waals surface area contributed by atoms with Crippen LogP contribution in [0.4, 0.5) is 0 Å². The molecule has 0 aromatic carbocycles. The molecule has 18 heavy (non-hydrogen) atoms. The number of hydrogen-bond acceptors (Lipinski definition) is 2. The van der Waals surface area contributed by atoms with E-state index in [4.69, 9.17) is 5.11 Å². The molecule has 0 rings (SSSR count). The highest BCUT2D eigenvalue weighted by Gasteiger charge is 2.14. The molecule has 0 aliphatic rings. The van der Waals surface area contributed by atoms with Gasteiger partial charge in [0.2, 0.25) is 5.91 Å². The summed E-state index contributed by atoms with van der Waals surface area (Å²) in [7, 11) is 0. The molecule has 0 radical (unpaired) electrons. The summed E-state index contributed by atoms with van der Waals surface area (Å²) < 4.78 is 0. The van der Waals surface area contributed by atoms with Crippen LogP contribution in [0.1, 0.15) is 51.9 Å². The molecule has 0 saturated heterocycles. The lowest BCUT2D eigenvalue weighted by Gasteiger charge is -2.18. The third-order valence-corrected chi connectivity index (χ3v) is 2.77. The van der Waals surface area contributed by atoms with Crippen LogP contribution in [-0.4, -0.2) is 35.0 Å². The minimum Gasteiger partial charge on any atom is -0.480 e. The molecule has 4 nitrogen and oxygen atoms in total. The number of hydrogen-bond donors (Lipinski definition) is 1. The monoisotopic (exact) mass is 255 g/mol. The number of amides is 1. The maximum Gasteiger partial charge on any atom is 0.323 e. The van der Waals surface area contributed by atoms with Gasteiger partial charge < -0.3 is 10.0 Å². The fraction of sp³-hybridized carbons (Fsp3) is 0.714. The smallest absolute Gasteiger partial charge is 0.323 e. The zero-order chi connectivity index (χ0) is 13.8. The zero-order valence-electron chi connectivity index (χ0n) is 11.4. The fourth-order valence-corrected chi connectivity index (χ4v) is 1.79. The van der Waals surface area contributed by atoms with E-state index >= 15 is 0 Å². The lowest BCUT2D eigenvalue weighted by Crippen LogP contribution is -2.35.